The molecule has 16 heavy (non-hydrogen) atoms. The number of aryl methyl sites for hydroxylation is 1. The van der Waals surface area contributed by atoms with Gasteiger partial charge < -0.3 is 10.6 Å². The largest absolute Gasteiger partial charge is 0.326 e. The van der Waals surface area contributed by atoms with Crippen LogP contribution in [0.15, 0.2) is 18.2 Å². The number of hydrogen-bond donors (Lipinski definition) is 3. The summed E-state index contributed by atoms with van der Waals surface area (Å²) >= 11 is 4.32. The summed E-state index contributed by atoms with van der Waals surface area (Å²) in [5.74, 6) is 0.876. The molecule has 0 spiro atoms. The van der Waals surface area contributed by atoms with Gasteiger partial charge in [0.25, 0.3) is 0 Å². The second kappa shape index (κ2) is 4.89. The molecule has 1 amide bonds. The highest BCUT2D eigenvalue weighted by atomic mass is 32.1. The van der Waals surface area contributed by atoms with E-state index in [1.807, 2.05) is 19.2 Å². The van der Waals surface area contributed by atoms with E-state index < -0.39 is 0 Å². The highest BCUT2D eigenvalue weighted by Crippen LogP contribution is 2.26. The lowest BCUT2D eigenvalue weighted by Crippen LogP contribution is -2.21. The van der Waals surface area contributed by atoms with Crippen molar-refractivity contribution in [2.75, 3.05) is 18.1 Å². The van der Waals surface area contributed by atoms with Gasteiger partial charge in [0, 0.05) is 23.9 Å². The Hall–Kier alpha value is -1.00. The van der Waals surface area contributed by atoms with Crippen molar-refractivity contribution in [2.45, 2.75) is 18.9 Å². The number of hydrogen-bond acceptors (Lipinski definition) is 3. The van der Waals surface area contributed by atoms with Gasteiger partial charge in [0.05, 0.1) is 0 Å². The summed E-state index contributed by atoms with van der Waals surface area (Å²) in [5.41, 5.74) is 3.40. The van der Waals surface area contributed by atoms with Crippen LogP contribution in [-0.4, -0.2) is 18.7 Å². The molecule has 4 heteroatoms. The van der Waals surface area contributed by atoms with Gasteiger partial charge in [-0.3, -0.25) is 4.79 Å². The summed E-state index contributed by atoms with van der Waals surface area (Å²) in [6, 6.07) is 6.45. The Kier molecular flexibility index (Phi) is 3.51. The lowest BCUT2D eigenvalue weighted by molar-refractivity contribution is -0.116. The number of thiol groups is 1. The molecule has 0 saturated carbocycles. The van der Waals surface area contributed by atoms with E-state index >= 15 is 0 Å². The van der Waals surface area contributed by atoms with Gasteiger partial charge in [-0.2, -0.15) is 12.6 Å². The molecule has 1 aliphatic heterocycles. The maximum absolute atomic E-state index is 11.2. The molecule has 0 aliphatic carbocycles. The maximum atomic E-state index is 11.2. The van der Waals surface area contributed by atoms with Crippen molar-refractivity contribution in [3.8, 4) is 0 Å². The number of benzene rings is 1. The molecule has 2 rings (SSSR count). The third kappa shape index (κ3) is 2.23. The Morgan fingerprint density at radius 3 is 3.00 bits per heavy atom. The quantitative estimate of drug-likeness (QED) is 0.700. The predicted octanol–water partition coefficient (Wildman–Crippen LogP) is 1.76. The van der Waals surface area contributed by atoms with Crippen LogP contribution in [0.5, 0.6) is 0 Å². The van der Waals surface area contributed by atoms with Gasteiger partial charge >= 0.3 is 0 Å². The Bertz CT molecular complexity index is 402. The van der Waals surface area contributed by atoms with Crippen molar-refractivity contribution in [2.24, 2.45) is 0 Å². The fourth-order valence-corrected chi connectivity index (χ4v) is 2.38. The zero-order chi connectivity index (χ0) is 11.5. The van der Waals surface area contributed by atoms with Gasteiger partial charge in [0.15, 0.2) is 0 Å². The smallest absolute Gasteiger partial charge is 0.224 e. The zero-order valence-corrected chi connectivity index (χ0v) is 10.2. The number of amides is 1. The van der Waals surface area contributed by atoms with E-state index in [1.54, 1.807) is 0 Å². The van der Waals surface area contributed by atoms with E-state index in [-0.39, 0.29) is 11.9 Å². The highest BCUT2D eigenvalue weighted by molar-refractivity contribution is 7.80. The summed E-state index contributed by atoms with van der Waals surface area (Å²) < 4.78 is 0. The molecule has 1 unspecified atom stereocenters. The molecule has 1 aliphatic rings. The molecule has 1 aromatic carbocycles. The van der Waals surface area contributed by atoms with Crippen LogP contribution in [0.2, 0.25) is 0 Å². The molecular formula is C12H16N2OS. The van der Waals surface area contributed by atoms with Crippen LogP contribution in [0.25, 0.3) is 0 Å². The molecular weight excluding hydrogens is 220 g/mol. The summed E-state index contributed by atoms with van der Waals surface area (Å²) in [7, 11) is 1.93. The molecule has 1 heterocycles. The third-order valence-corrected chi connectivity index (χ3v) is 3.32. The lowest BCUT2D eigenvalue weighted by Gasteiger charge is -2.20. The molecule has 0 radical (unpaired) electrons. The van der Waals surface area contributed by atoms with Crippen molar-refractivity contribution < 1.29 is 4.79 Å². The SMILES string of the molecule is CNC(CS)c1ccc2c(c1)CCC(=O)N2. The standard InChI is InChI=1S/C12H16N2OS/c1-13-11(7-16)9-2-4-10-8(6-9)3-5-12(15)14-10/h2,4,6,11,13,16H,3,5,7H2,1H3,(H,14,15). The van der Waals surface area contributed by atoms with Gasteiger partial charge in [0.1, 0.15) is 0 Å². The van der Waals surface area contributed by atoms with Crippen LogP contribution in [0.1, 0.15) is 23.6 Å². The van der Waals surface area contributed by atoms with E-state index in [0.717, 1.165) is 17.9 Å². The van der Waals surface area contributed by atoms with E-state index in [4.69, 9.17) is 0 Å². The lowest BCUT2D eigenvalue weighted by atomic mass is 9.98. The van der Waals surface area contributed by atoms with Crippen LogP contribution in [0.3, 0.4) is 0 Å². The highest BCUT2D eigenvalue weighted by Gasteiger charge is 2.16. The number of nitrogens with one attached hydrogen (secondary N) is 2. The minimum Gasteiger partial charge on any atom is -0.326 e. The average molecular weight is 236 g/mol. The van der Waals surface area contributed by atoms with Crippen LogP contribution in [0.4, 0.5) is 5.69 Å². The Labute approximate surface area is 101 Å². The van der Waals surface area contributed by atoms with E-state index in [0.29, 0.717) is 6.42 Å². The monoisotopic (exact) mass is 236 g/mol. The molecule has 2 N–H and O–H groups in total. The molecule has 1 atom stereocenters. The minimum absolute atomic E-state index is 0.111. The van der Waals surface area contributed by atoms with Crippen molar-refractivity contribution in [1.29, 1.82) is 0 Å². The first-order chi connectivity index (χ1) is 7.74. The van der Waals surface area contributed by atoms with Gasteiger partial charge in [-0.05, 0) is 30.7 Å². The van der Waals surface area contributed by atoms with Gasteiger partial charge in [-0.1, -0.05) is 12.1 Å². The van der Waals surface area contributed by atoms with Gasteiger partial charge in [-0.15, -0.1) is 0 Å². The molecule has 0 aromatic heterocycles. The fraction of sp³-hybridized carbons (Fsp3) is 0.417. The molecule has 3 nitrogen and oxygen atoms in total. The second-order valence-electron chi connectivity index (χ2n) is 3.99. The second-order valence-corrected chi connectivity index (χ2v) is 4.35. The number of carbonyl (C=O) groups is 1. The first-order valence-electron chi connectivity index (χ1n) is 5.45. The molecule has 0 bridgehead atoms. The summed E-state index contributed by atoms with van der Waals surface area (Å²) in [5, 5.41) is 6.10. The van der Waals surface area contributed by atoms with Crippen molar-refractivity contribution in [1.82, 2.24) is 5.32 Å². The molecule has 86 valence electrons. The minimum atomic E-state index is 0.111. The third-order valence-electron chi connectivity index (χ3n) is 2.96. The van der Waals surface area contributed by atoms with Crippen molar-refractivity contribution >= 4 is 24.2 Å². The van der Waals surface area contributed by atoms with Crippen molar-refractivity contribution in [3.05, 3.63) is 29.3 Å². The number of rotatable bonds is 3. The molecule has 1 aromatic rings. The van der Waals surface area contributed by atoms with Gasteiger partial charge in [0.2, 0.25) is 5.91 Å². The van der Waals surface area contributed by atoms with Crippen LogP contribution in [0, 0.1) is 0 Å². The predicted molar refractivity (Wildman–Crippen MR) is 69.0 cm³/mol. The van der Waals surface area contributed by atoms with Crippen LogP contribution < -0.4 is 10.6 Å². The Balaban J connectivity index is 2.28. The number of carbonyl (C=O) groups excluding carboxylic acids is 1. The maximum Gasteiger partial charge on any atom is 0.224 e. The zero-order valence-electron chi connectivity index (χ0n) is 9.29. The summed E-state index contributed by atoms with van der Waals surface area (Å²) in [4.78, 5) is 11.2. The van der Waals surface area contributed by atoms with Crippen molar-refractivity contribution in [3.63, 3.8) is 0 Å². The van der Waals surface area contributed by atoms with E-state index in [2.05, 4.69) is 29.3 Å². The average Bonchev–Trinajstić information content (AvgIpc) is 2.31. The first kappa shape index (κ1) is 11.5. The number of fused-ring (bicyclic) bond motifs is 1. The fourth-order valence-electron chi connectivity index (χ4n) is 1.98. The Morgan fingerprint density at radius 1 is 1.50 bits per heavy atom. The van der Waals surface area contributed by atoms with E-state index in [1.165, 1.54) is 11.1 Å². The summed E-state index contributed by atoms with van der Waals surface area (Å²) in [6.45, 7) is 0. The number of anilines is 1. The molecule has 0 fully saturated rings. The Morgan fingerprint density at radius 2 is 2.31 bits per heavy atom. The normalized spacial score (nSPS) is 16.5. The molecule has 0 saturated heterocycles. The van der Waals surface area contributed by atoms with Gasteiger partial charge in [-0.25, -0.2) is 0 Å². The summed E-state index contributed by atoms with van der Waals surface area (Å²) in [6.07, 6.45) is 1.42. The topological polar surface area (TPSA) is 41.1 Å². The van der Waals surface area contributed by atoms with Crippen LogP contribution >= 0.6 is 12.6 Å². The van der Waals surface area contributed by atoms with E-state index in [9.17, 15) is 4.79 Å². The van der Waals surface area contributed by atoms with Crippen LogP contribution in [-0.2, 0) is 11.2 Å². The first-order valence-corrected chi connectivity index (χ1v) is 6.08.